The molecule has 0 N–H and O–H groups in total. The van der Waals surface area contributed by atoms with Gasteiger partial charge in [0.25, 0.3) is 0 Å². The van der Waals surface area contributed by atoms with E-state index in [1.165, 1.54) is 7.11 Å². The number of rotatable bonds is 3. The van der Waals surface area contributed by atoms with Crippen LogP contribution in [0.4, 0.5) is 0 Å². The maximum absolute atomic E-state index is 13.8. The lowest BCUT2D eigenvalue weighted by Crippen LogP contribution is -2.61. The summed E-state index contributed by atoms with van der Waals surface area (Å²) in [7, 11) is 1.42. The molecule has 2 atom stereocenters. The summed E-state index contributed by atoms with van der Waals surface area (Å²) in [6.45, 7) is 6.58. The van der Waals surface area contributed by atoms with Crippen LogP contribution in [-0.2, 0) is 32.7 Å². The zero-order valence-electron chi connectivity index (χ0n) is 17.6. The standard InChI is InChI=1S/C24H28N2O3/c1-16-9-10-19(15-25-16)23(2,3)26-12-11-24(22(28)29-4)14-18-8-6-5-7-17(18)13-20(24)21(26)27/h5-10,15,20H,11-14H2,1-4H3. The summed E-state index contributed by atoms with van der Waals surface area (Å²) in [5.74, 6) is -0.641. The molecule has 2 aromatic rings. The molecule has 5 nitrogen and oxygen atoms in total. The van der Waals surface area contributed by atoms with E-state index in [1.54, 1.807) is 0 Å². The number of methoxy groups -OCH3 is 1. The van der Waals surface area contributed by atoms with Gasteiger partial charge in [0, 0.05) is 18.4 Å². The second kappa shape index (κ2) is 6.97. The van der Waals surface area contributed by atoms with E-state index in [4.69, 9.17) is 4.74 Å². The smallest absolute Gasteiger partial charge is 0.313 e. The minimum Gasteiger partial charge on any atom is -0.469 e. The lowest BCUT2D eigenvalue weighted by atomic mass is 9.60. The summed E-state index contributed by atoms with van der Waals surface area (Å²) in [5, 5.41) is 0. The predicted molar refractivity (Wildman–Crippen MR) is 110 cm³/mol. The van der Waals surface area contributed by atoms with Crippen LogP contribution >= 0.6 is 0 Å². The summed E-state index contributed by atoms with van der Waals surface area (Å²) < 4.78 is 5.21. The third-order valence-electron chi connectivity index (χ3n) is 6.95. The molecule has 0 radical (unpaired) electrons. The monoisotopic (exact) mass is 392 g/mol. The van der Waals surface area contributed by atoms with Gasteiger partial charge in [-0.15, -0.1) is 0 Å². The van der Waals surface area contributed by atoms with Crippen molar-refractivity contribution in [2.24, 2.45) is 11.3 Å². The molecular formula is C24H28N2O3. The van der Waals surface area contributed by atoms with Gasteiger partial charge in [0.05, 0.1) is 24.0 Å². The van der Waals surface area contributed by atoms with Gasteiger partial charge in [-0.2, -0.15) is 0 Å². The summed E-state index contributed by atoms with van der Waals surface area (Å²) in [6, 6.07) is 12.1. The molecule has 0 bridgehead atoms. The van der Waals surface area contributed by atoms with Crippen LogP contribution in [0.3, 0.4) is 0 Å². The van der Waals surface area contributed by atoms with Crippen molar-refractivity contribution < 1.29 is 14.3 Å². The first-order chi connectivity index (χ1) is 13.8. The summed E-state index contributed by atoms with van der Waals surface area (Å²) in [6.07, 6.45) is 3.59. The van der Waals surface area contributed by atoms with Crippen LogP contribution in [0.1, 0.15) is 42.7 Å². The Labute approximate surface area is 172 Å². The maximum Gasteiger partial charge on any atom is 0.313 e. The number of ether oxygens (including phenoxy) is 1. The van der Waals surface area contributed by atoms with E-state index < -0.39 is 16.9 Å². The fourth-order valence-corrected chi connectivity index (χ4v) is 5.06. The van der Waals surface area contributed by atoms with Crippen molar-refractivity contribution in [2.75, 3.05) is 13.7 Å². The Morgan fingerprint density at radius 1 is 1.21 bits per heavy atom. The van der Waals surface area contributed by atoms with Crippen molar-refractivity contribution in [1.82, 2.24) is 9.88 Å². The Kier molecular flexibility index (Phi) is 4.72. The van der Waals surface area contributed by atoms with E-state index in [-0.39, 0.29) is 11.9 Å². The Bertz CT molecular complexity index is 951. The van der Waals surface area contributed by atoms with Crippen LogP contribution < -0.4 is 0 Å². The van der Waals surface area contributed by atoms with Gasteiger partial charge in [0.15, 0.2) is 0 Å². The van der Waals surface area contributed by atoms with Gasteiger partial charge in [0.2, 0.25) is 5.91 Å². The number of amides is 1. The van der Waals surface area contributed by atoms with Crippen LogP contribution in [0.5, 0.6) is 0 Å². The maximum atomic E-state index is 13.8. The number of aryl methyl sites for hydroxylation is 1. The highest BCUT2D eigenvalue weighted by molar-refractivity contribution is 5.91. The topological polar surface area (TPSA) is 59.5 Å². The lowest BCUT2D eigenvalue weighted by molar-refractivity contribution is -0.173. The molecule has 5 heteroatoms. The van der Waals surface area contributed by atoms with Crippen LogP contribution in [0.2, 0.25) is 0 Å². The second-order valence-corrected chi connectivity index (χ2v) is 8.84. The molecule has 0 saturated carbocycles. The SMILES string of the molecule is COC(=O)C12CCN(C(C)(C)c3ccc(C)nc3)C(=O)C1Cc1ccccc1C2. The third-order valence-corrected chi connectivity index (χ3v) is 6.95. The molecule has 1 amide bonds. The van der Waals surface area contributed by atoms with E-state index in [0.717, 1.165) is 22.4 Å². The number of hydrogen-bond acceptors (Lipinski definition) is 4. The molecule has 2 unspecified atom stereocenters. The third kappa shape index (κ3) is 3.04. The summed E-state index contributed by atoms with van der Waals surface area (Å²) in [5.41, 5.74) is 2.97. The molecule has 152 valence electrons. The average molecular weight is 392 g/mol. The number of pyridine rings is 1. The number of esters is 1. The van der Waals surface area contributed by atoms with E-state index in [0.29, 0.717) is 25.8 Å². The molecule has 29 heavy (non-hydrogen) atoms. The number of likely N-dealkylation sites (tertiary alicyclic amines) is 1. The Morgan fingerprint density at radius 2 is 1.93 bits per heavy atom. The van der Waals surface area contributed by atoms with Gasteiger partial charge in [-0.3, -0.25) is 14.6 Å². The zero-order chi connectivity index (χ0) is 20.8. The fraction of sp³-hybridized carbons (Fsp3) is 0.458. The van der Waals surface area contributed by atoms with Gasteiger partial charge in [0.1, 0.15) is 0 Å². The molecule has 1 fully saturated rings. The highest BCUT2D eigenvalue weighted by atomic mass is 16.5. The normalized spacial score (nSPS) is 23.9. The number of carbonyl (C=O) groups is 2. The first-order valence-electron chi connectivity index (χ1n) is 10.2. The number of carbonyl (C=O) groups excluding carboxylic acids is 2. The Balaban J connectivity index is 1.73. The molecule has 1 aliphatic heterocycles. The number of nitrogens with zero attached hydrogens (tertiary/aromatic N) is 2. The van der Waals surface area contributed by atoms with E-state index >= 15 is 0 Å². The zero-order valence-corrected chi connectivity index (χ0v) is 17.6. The van der Waals surface area contributed by atoms with Crippen molar-refractivity contribution in [3.8, 4) is 0 Å². The van der Waals surface area contributed by atoms with E-state index in [2.05, 4.69) is 31.0 Å². The predicted octanol–water partition coefficient (Wildman–Crippen LogP) is 3.43. The number of piperidine rings is 1. The fourth-order valence-electron chi connectivity index (χ4n) is 5.06. The van der Waals surface area contributed by atoms with Crippen LogP contribution in [0, 0.1) is 18.3 Å². The Hall–Kier alpha value is -2.69. The van der Waals surface area contributed by atoms with Gasteiger partial charge in [-0.1, -0.05) is 30.3 Å². The van der Waals surface area contributed by atoms with Crippen molar-refractivity contribution in [2.45, 2.75) is 45.6 Å². The molecule has 1 aromatic heterocycles. The second-order valence-electron chi connectivity index (χ2n) is 8.84. The molecule has 1 aromatic carbocycles. The lowest BCUT2D eigenvalue weighted by Gasteiger charge is -2.52. The van der Waals surface area contributed by atoms with Crippen LogP contribution in [0.15, 0.2) is 42.6 Å². The molecule has 1 saturated heterocycles. The van der Waals surface area contributed by atoms with Gasteiger partial charge in [-0.05, 0) is 62.8 Å². The molecule has 2 aliphatic rings. The number of hydrogen-bond donors (Lipinski definition) is 0. The van der Waals surface area contributed by atoms with Gasteiger partial charge < -0.3 is 9.64 Å². The largest absolute Gasteiger partial charge is 0.469 e. The van der Waals surface area contributed by atoms with Crippen molar-refractivity contribution in [3.63, 3.8) is 0 Å². The van der Waals surface area contributed by atoms with E-state index in [1.807, 2.05) is 42.3 Å². The van der Waals surface area contributed by atoms with Crippen molar-refractivity contribution in [1.29, 1.82) is 0 Å². The van der Waals surface area contributed by atoms with Crippen molar-refractivity contribution >= 4 is 11.9 Å². The van der Waals surface area contributed by atoms with Gasteiger partial charge >= 0.3 is 5.97 Å². The van der Waals surface area contributed by atoms with E-state index in [9.17, 15) is 9.59 Å². The molecule has 1 aliphatic carbocycles. The van der Waals surface area contributed by atoms with Crippen molar-refractivity contribution in [3.05, 3.63) is 65.0 Å². The highest BCUT2D eigenvalue weighted by Gasteiger charge is 2.57. The highest BCUT2D eigenvalue weighted by Crippen LogP contribution is 2.49. The Morgan fingerprint density at radius 3 is 2.59 bits per heavy atom. The van der Waals surface area contributed by atoms with Gasteiger partial charge in [-0.25, -0.2) is 0 Å². The number of fused-ring (bicyclic) bond motifs is 2. The molecular weight excluding hydrogens is 364 g/mol. The minimum atomic E-state index is -0.779. The first-order valence-corrected chi connectivity index (χ1v) is 10.2. The molecule has 2 heterocycles. The van der Waals surface area contributed by atoms with Crippen LogP contribution in [-0.4, -0.2) is 35.4 Å². The minimum absolute atomic E-state index is 0.0294. The molecule has 4 rings (SSSR count). The quantitative estimate of drug-likeness (QED) is 0.751. The number of aromatic nitrogens is 1. The first kappa shape index (κ1) is 19.6. The summed E-state index contributed by atoms with van der Waals surface area (Å²) >= 11 is 0. The average Bonchev–Trinajstić information content (AvgIpc) is 2.72. The number of benzene rings is 1. The van der Waals surface area contributed by atoms with Crippen LogP contribution in [0.25, 0.3) is 0 Å². The summed E-state index contributed by atoms with van der Waals surface area (Å²) in [4.78, 5) is 33.1. The molecule has 0 spiro atoms.